The third kappa shape index (κ3) is 1.00. The molecule has 0 atom stereocenters. The fourth-order valence-corrected chi connectivity index (χ4v) is 1.27. The average molecular weight is 146 g/mol. The van der Waals surface area contributed by atoms with E-state index in [9.17, 15) is 0 Å². The Kier molecular flexibility index (Phi) is 1.85. The molecule has 0 aromatic carbocycles. The zero-order valence-electron chi connectivity index (χ0n) is 4.40. The Morgan fingerprint density at radius 1 is 1.88 bits per heavy atom. The van der Waals surface area contributed by atoms with Gasteiger partial charge >= 0.3 is 0 Å². The molecule has 0 unspecified atom stereocenters. The molecule has 8 heavy (non-hydrogen) atoms. The second-order valence-electron chi connectivity index (χ2n) is 1.41. The van der Waals surface area contributed by atoms with Crippen molar-refractivity contribution in [2.24, 2.45) is 7.05 Å². The minimum atomic E-state index is 0.924. The summed E-state index contributed by atoms with van der Waals surface area (Å²) in [5, 5.41) is 0.924. The number of thiol groups is 1. The van der Waals surface area contributed by atoms with Crippen molar-refractivity contribution in [2.45, 2.75) is 5.16 Å². The Bertz CT molecular complexity index is 172. The van der Waals surface area contributed by atoms with Gasteiger partial charge in [-0.1, -0.05) is 0 Å². The first-order chi connectivity index (χ1) is 3.84. The number of aryl methyl sites for hydroxylation is 1. The molecule has 1 aromatic heterocycles. The number of hydrogen-bond donors (Lipinski definition) is 1. The van der Waals surface area contributed by atoms with Gasteiger partial charge in [-0.15, -0.1) is 11.7 Å². The maximum absolute atomic E-state index is 3.98. The van der Waals surface area contributed by atoms with Crippen molar-refractivity contribution in [3.05, 3.63) is 12.4 Å². The van der Waals surface area contributed by atoms with E-state index in [4.69, 9.17) is 0 Å². The van der Waals surface area contributed by atoms with Crippen LogP contribution in [0.4, 0.5) is 0 Å². The highest BCUT2D eigenvalue weighted by molar-refractivity contribution is 8.68. The molecule has 2 nitrogen and oxygen atoms in total. The van der Waals surface area contributed by atoms with E-state index in [1.165, 1.54) is 10.8 Å². The Morgan fingerprint density at radius 3 is 2.88 bits per heavy atom. The third-order valence-corrected chi connectivity index (χ3v) is 1.91. The van der Waals surface area contributed by atoms with E-state index in [0.717, 1.165) is 5.16 Å². The highest BCUT2D eigenvalue weighted by Gasteiger charge is 1.92. The SMILES string of the molecule is Cn1ccnc1SS. The normalized spacial score (nSPS) is 9.75. The van der Waals surface area contributed by atoms with Gasteiger partial charge in [-0.25, -0.2) is 4.98 Å². The van der Waals surface area contributed by atoms with Crippen molar-refractivity contribution in [1.82, 2.24) is 9.55 Å². The minimum Gasteiger partial charge on any atom is -0.328 e. The van der Waals surface area contributed by atoms with Crippen LogP contribution in [0, 0.1) is 0 Å². The number of rotatable bonds is 1. The van der Waals surface area contributed by atoms with Crippen molar-refractivity contribution < 1.29 is 0 Å². The maximum Gasteiger partial charge on any atom is 0.178 e. The Hall–Kier alpha value is -0.0900. The topological polar surface area (TPSA) is 17.8 Å². The van der Waals surface area contributed by atoms with E-state index in [1.54, 1.807) is 6.20 Å². The van der Waals surface area contributed by atoms with Gasteiger partial charge in [0.15, 0.2) is 5.16 Å². The van der Waals surface area contributed by atoms with Crippen molar-refractivity contribution in [3.8, 4) is 0 Å². The lowest BCUT2D eigenvalue weighted by Crippen LogP contribution is -1.84. The van der Waals surface area contributed by atoms with Gasteiger partial charge in [0.05, 0.1) is 0 Å². The summed E-state index contributed by atoms with van der Waals surface area (Å²) in [6, 6.07) is 0. The van der Waals surface area contributed by atoms with Crippen molar-refractivity contribution in [2.75, 3.05) is 0 Å². The van der Waals surface area contributed by atoms with Gasteiger partial charge in [0.1, 0.15) is 0 Å². The third-order valence-electron chi connectivity index (χ3n) is 0.859. The predicted octanol–water partition coefficient (Wildman–Crippen LogP) is 1.36. The zero-order chi connectivity index (χ0) is 5.98. The first kappa shape index (κ1) is 6.04. The summed E-state index contributed by atoms with van der Waals surface area (Å²) >= 11 is 3.98. The van der Waals surface area contributed by atoms with E-state index >= 15 is 0 Å². The van der Waals surface area contributed by atoms with Crippen molar-refractivity contribution >= 4 is 22.5 Å². The molecule has 4 heteroatoms. The van der Waals surface area contributed by atoms with Crippen LogP contribution in [-0.2, 0) is 7.05 Å². The van der Waals surface area contributed by atoms with Crippen molar-refractivity contribution in [1.29, 1.82) is 0 Å². The average Bonchev–Trinajstić information content (AvgIpc) is 2.14. The van der Waals surface area contributed by atoms with Gasteiger partial charge in [-0.3, -0.25) is 0 Å². The molecule has 0 bridgehead atoms. The van der Waals surface area contributed by atoms with Gasteiger partial charge in [-0.05, 0) is 10.8 Å². The second kappa shape index (κ2) is 2.46. The van der Waals surface area contributed by atoms with Crippen LogP contribution in [0.3, 0.4) is 0 Å². The number of nitrogens with zero attached hydrogens (tertiary/aromatic N) is 2. The summed E-state index contributed by atoms with van der Waals surface area (Å²) in [6.45, 7) is 0. The molecular formula is C4H6N2S2. The van der Waals surface area contributed by atoms with E-state index in [-0.39, 0.29) is 0 Å². The highest BCUT2D eigenvalue weighted by Crippen LogP contribution is 2.16. The molecule has 0 saturated heterocycles. The fourth-order valence-electron chi connectivity index (χ4n) is 0.440. The van der Waals surface area contributed by atoms with Crippen LogP contribution in [0.2, 0.25) is 0 Å². The van der Waals surface area contributed by atoms with Crippen molar-refractivity contribution in [3.63, 3.8) is 0 Å². The summed E-state index contributed by atoms with van der Waals surface area (Å²) in [4.78, 5) is 3.98. The molecule has 1 rings (SSSR count). The molecule has 0 N–H and O–H groups in total. The highest BCUT2D eigenvalue weighted by atomic mass is 33.1. The molecular weight excluding hydrogens is 140 g/mol. The van der Waals surface area contributed by atoms with Crippen LogP contribution in [0.25, 0.3) is 0 Å². The first-order valence-corrected chi connectivity index (χ1v) is 4.00. The fraction of sp³-hybridized carbons (Fsp3) is 0.250. The van der Waals surface area contributed by atoms with Gasteiger partial charge in [0.2, 0.25) is 0 Å². The molecule has 0 amide bonds. The van der Waals surface area contributed by atoms with E-state index in [1.807, 2.05) is 17.8 Å². The van der Waals surface area contributed by atoms with E-state index in [2.05, 4.69) is 16.6 Å². The molecule has 1 aromatic rings. The summed E-state index contributed by atoms with van der Waals surface area (Å²) in [6.07, 6.45) is 3.64. The van der Waals surface area contributed by atoms with Gasteiger partial charge in [-0.2, -0.15) is 0 Å². The Morgan fingerprint density at radius 2 is 2.62 bits per heavy atom. The molecule has 0 radical (unpaired) electrons. The monoisotopic (exact) mass is 146 g/mol. The summed E-state index contributed by atoms with van der Waals surface area (Å²) in [5.41, 5.74) is 0. The summed E-state index contributed by atoms with van der Waals surface area (Å²) in [5.74, 6) is 0. The minimum absolute atomic E-state index is 0.924. The molecule has 44 valence electrons. The second-order valence-corrected chi connectivity index (χ2v) is 2.51. The lowest BCUT2D eigenvalue weighted by molar-refractivity contribution is 0.793. The number of aromatic nitrogens is 2. The van der Waals surface area contributed by atoms with Crippen LogP contribution in [0.1, 0.15) is 0 Å². The molecule has 0 saturated carbocycles. The van der Waals surface area contributed by atoms with E-state index in [0.29, 0.717) is 0 Å². The van der Waals surface area contributed by atoms with Gasteiger partial charge < -0.3 is 4.57 Å². The molecule has 0 spiro atoms. The molecule has 0 aliphatic carbocycles. The first-order valence-electron chi connectivity index (χ1n) is 2.13. The Labute approximate surface area is 57.1 Å². The number of imidazole rings is 1. The quantitative estimate of drug-likeness (QED) is 0.476. The van der Waals surface area contributed by atoms with Crippen LogP contribution in [0.5, 0.6) is 0 Å². The molecule has 0 aliphatic heterocycles. The van der Waals surface area contributed by atoms with Crippen LogP contribution >= 0.6 is 22.5 Å². The lowest BCUT2D eigenvalue weighted by atomic mass is 10.9. The molecule has 1 heterocycles. The van der Waals surface area contributed by atoms with Crippen LogP contribution in [0.15, 0.2) is 17.6 Å². The lowest BCUT2D eigenvalue weighted by Gasteiger charge is -1.91. The van der Waals surface area contributed by atoms with Crippen LogP contribution in [-0.4, -0.2) is 9.55 Å². The largest absolute Gasteiger partial charge is 0.328 e. The Balaban J connectivity index is 2.92. The zero-order valence-corrected chi connectivity index (χ0v) is 6.12. The summed E-state index contributed by atoms with van der Waals surface area (Å²) in [7, 11) is 3.28. The molecule has 0 aliphatic rings. The smallest absolute Gasteiger partial charge is 0.178 e. The number of hydrogen-bond acceptors (Lipinski definition) is 3. The predicted molar refractivity (Wildman–Crippen MR) is 38.1 cm³/mol. The summed E-state index contributed by atoms with van der Waals surface area (Å²) < 4.78 is 1.91. The van der Waals surface area contributed by atoms with Gasteiger partial charge in [0.25, 0.3) is 0 Å². The van der Waals surface area contributed by atoms with E-state index < -0.39 is 0 Å². The molecule has 0 fully saturated rings. The standard InChI is InChI=1S/C4H6N2S2/c1-6-3-2-5-4(6)8-7/h2-3,7H,1H3. The maximum atomic E-state index is 3.98. The van der Waals surface area contributed by atoms with Crippen LogP contribution < -0.4 is 0 Å². The van der Waals surface area contributed by atoms with Gasteiger partial charge in [0, 0.05) is 19.4 Å².